The van der Waals surface area contributed by atoms with Crippen molar-refractivity contribution in [3.8, 4) is 5.75 Å². The van der Waals surface area contributed by atoms with Gasteiger partial charge < -0.3 is 19.8 Å². The first-order valence-corrected chi connectivity index (χ1v) is 11.1. The molecule has 3 rings (SSSR count). The molecule has 1 aromatic heterocycles. The number of aryl methyl sites for hydroxylation is 1. The summed E-state index contributed by atoms with van der Waals surface area (Å²) >= 11 is 0. The van der Waals surface area contributed by atoms with E-state index in [0.717, 1.165) is 35.5 Å². The van der Waals surface area contributed by atoms with Crippen molar-refractivity contribution in [2.75, 3.05) is 11.9 Å². The second-order valence-corrected chi connectivity index (χ2v) is 8.00. The highest BCUT2D eigenvalue weighted by atomic mass is 16.5. The highest BCUT2D eigenvalue weighted by Crippen LogP contribution is 2.36. The SMILES string of the molecule is CCCCCC[C@H](C)Oc1ccc2c(c1)/C(=C/c1[nH]c(C)cc1C(=O)OCC)C(=O)N2. The largest absolute Gasteiger partial charge is 0.491 e. The summed E-state index contributed by atoms with van der Waals surface area (Å²) in [4.78, 5) is 28.1. The second kappa shape index (κ2) is 10.3. The molecule has 1 aromatic carbocycles. The zero-order valence-corrected chi connectivity index (χ0v) is 18.8. The van der Waals surface area contributed by atoms with E-state index in [4.69, 9.17) is 9.47 Å². The molecule has 0 radical (unpaired) electrons. The molecule has 2 aromatic rings. The molecule has 31 heavy (non-hydrogen) atoms. The Hall–Kier alpha value is -3.02. The van der Waals surface area contributed by atoms with E-state index in [0.29, 0.717) is 23.4 Å². The van der Waals surface area contributed by atoms with Gasteiger partial charge in [-0.2, -0.15) is 0 Å². The third kappa shape index (κ3) is 5.57. The molecule has 2 N–H and O–H groups in total. The topological polar surface area (TPSA) is 80.4 Å². The maximum atomic E-state index is 12.6. The Morgan fingerprint density at radius 1 is 1.16 bits per heavy atom. The van der Waals surface area contributed by atoms with E-state index in [1.165, 1.54) is 19.3 Å². The Morgan fingerprint density at radius 2 is 1.97 bits per heavy atom. The number of fused-ring (bicyclic) bond motifs is 1. The lowest BCUT2D eigenvalue weighted by Gasteiger charge is -2.15. The van der Waals surface area contributed by atoms with Crippen molar-refractivity contribution in [2.24, 2.45) is 0 Å². The molecular formula is C25H32N2O4. The van der Waals surface area contributed by atoms with E-state index in [1.54, 1.807) is 19.1 Å². The van der Waals surface area contributed by atoms with Gasteiger partial charge in [0, 0.05) is 16.9 Å². The lowest BCUT2D eigenvalue weighted by Crippen LogP contribution is -2.11. The van der Waals surface area contributed by atoms with Crippen LogP contribution in [0.2, 0.25) is 0 Å². The third-order valence-corrected chi connectivity index (χ3v) is 5.34. The normalized spacial score (nSPS) is 15.0. The summed E-state index contributed by atoms with van der Waals surface area (Å²) in [5.41, 5.74) is 3.79. The van der Waals surface area contributed by atoms with Crippen LogP contribution < -0.4 is 10.1 Å². The molecule has 6 heteroatoms. The first-order chi connectivity index (χ1) is 14.9. The average molecular weight is 425 g/mol. The molecule has 1 atom stereocenters. The van der Waals surface area contributed by atoms with Crippen molar-refractivity contribution in [3.63, 3.8) is 0 Å². The van der Waals surface area contributed by atoms with Crippen LogP contribution >= 0.6 is 0 Å². The monoisotopic (exact) mass is 424 g/mol. The van der Waals surface area contributed by atoms with E-state index >= 15 is 0 Å². The summed E-state index contributed by atoms with van der Waals surface area (Å²) < 4.78 is 11.2. The predicted molar refractivity (Wildman–Crippen MR) is 123 cm³/mol. The molecule has 0 saturated carbocycles. The average Bonchev–Trinajstić information content (AvgIpc) is 3.25. The molecule has 0 fully saturated rings. The summed E-state index contributed by atoms with van der Waals surface area (Å²) in [6.45, 7) is 8.20. The molecule has 0 bridgehead atoms. The number of aromatic nitrogens is 1. The Kier molecular flexibility index (Phi) is 7.55. The zero-order valence-electron chi connectivity index (χ0n) is 18.8. The smallest absolute Gasteiger partial charge is 0.340 e. The van der Waals surface area contributed by atoms with Crippen molar-refractivity contribution in [1.82, 2.24) is 4.98 Å². The fourth-order valence-corrected chi connectivity index (χ4v) is 3.78. The van der Waals surface area contributed by atoms with Crippen LogP contribution in [0.5, 0.6) is 5.75 Å². The molecule has 166 valence electrons. The number of benzene rings is 1. The van der Waals surface area contributed by atoms with E-state index in [-0.39, 0.29) is 12.0 Å². The number of rotatable bonds is 10. The van der Waals surface area contributed by atoms with Crippen molar-refractivity contribution in [3.05, 3.63) is 46.8 Å². The fraction of sp³-hybridized carbons (Fsp3) is 0.440. The molecular weight excluding hydrogens is 392 g/mol. The van der Waals surface area contributed by atoms with Gasteiger partial charge in [0.15, 0.2) is 0 Å². The number of aromatic amines is 1. The van der Waals surface area contributed by atoms with Crippen LogP contribution in [-0.4, -0.2) is 29.6 Å². The fourth-order valence-electron chi connectivity index (χ4n) is 3.78. The number of hydrogen-bond donors (Lipinski definition) is 2. The van der Waals surface area contributed by atoms with E-state index < -0.39 is 5.97 Å². The number of H-pyrrole nitrogens is 1. The molecule has 1 amide bonds. The van der Waals surface area contributed by atoms with Gasteiger partial charge >= 0.3 is 5.97 Å². The molecule has 0 spiro atoms. The van der Waals surface area contributed by atoms with E-state index in [1.807, 2.05) is 25.1 Å². The van der Waals surface area contributed by atoms with Crippen molar-refractivity contribution >= 4 is 29.2 Å². The quantitative estimate of drug-likeness (QED) is 0.290. The number of hydrogen-bond acceptors (Lipinski definition) is 4. The van der Waals surface area contributed by atoms with Gasteiger partial charge in [-0.05, 0) is 64.0 Å². The van der Waals surface area contributed by atoms with Crippen LogP contribution in [0, 0.1) is 6.92 Å². The van der Waals surface area contributed by atoms with Crippen molar-refractivity contribution in [2.45, 2.75) is 65.9 Å². The number of carbonyl (C=O) groups is 2. The number of unbranched alkanes of at least 4 members (excludes halogenated alkanes) is 3. The van der Waals surface area contributed by atoms with E-state index in [2.05, 4.69) is 24.1 Å². The van der Waals surface area contributed by atoms with Gasteiger partial charge in [-0.1, -0.05) is 26.2 Å². The number of anilines is 1. The minimum atomic E-state index is -0.411. The molecule has 0 saturated heterocycles. The van der Waals surface area contributed by atoms with Crippen LogP contribution in [0.1, 0.15) is 80.2 Å². The highest BCUT2D eigenvalue weighted by molar-refractivity contribution is 6.35. The van der Waals surface area contributed by atoms with Gasteiger partial charge in [0.2, 0.25) is 0 Å². The maximum Gasteiger partial charge on any atom is 0.340 e. The van der Waals surface area contributed by atoms with Crippen LogP contribution in [0.25, 0.3) is 11.6 Å². The molecule has 1 aliphatic rings. The minimum absolute atomic E-state index is 0.105. The first-order valence-electron chi connectivity index (χ1n) is 11.1. The number of esters is 1. The molecule has 2 heterocycles. The summed E-state index contributed by atoms with van der Waals surface area (Å²) in [6.07, 6.45) is 7.65. The van der Waals surface area contributed by atoms with Gasteiger partial charge in [0.25, 0.3) is 5.91 Å². The lowest BCUT2D eigenvalue weighted by molar-refractivity contribution is -0.110. The first kappa shape index (κ1) is 22.7. The Bertz CT molecular complexity index is 974. The lowest BCUT2D eigenvalue weighted by atomic mass is 10.0. The third-order valence-electron chi connectivity index (χ3n) is 5.34. The second-order valence-electron chi connectivity index (χ2n) is 8.00. The van der Waals surface area contributed by atoms with Crippen molar-refractivity contribution < 1.29 is 19.1 Å². The summed E-state index contributed by atoms with van der Waals surface area (Å²) in [5.74, 6) is 0.116. The van der Waals surface area contributed by atoms with Gasteiger partial charge in [-0.15, -0.1) is 0 Å². The number of carbonyl (C=O) groups excluding carboxylic acids is 2. The maximum absolute atomic E-state index is 12.6. The number of nitrogens with one attached hydrogen (secondary N) is 2. The molecule has 6 nitrogen and oxygen atoms in total. The van der Waals surface area contributed by atoms with Crippen LogP contribution in [0.3, 0.4) is 0 Å². The van der Waals surface area contributed by atoms with Crippen LogP contribution in [-0.2, 0) is 9.53 Å². The van der Waals surface area contributed by atoms with Crippen molar-refractivity contribution in [1.29, 1.82) is 0 Å². The Morgan fingerprint density at radius 3 is 2.71 bits per heavy atom. The summed E-state index contributed by atoms with van der Waals surface area (Å²) in [6, 6.07) is 7.37. The van der Waals surface area contributed by atoms with E-state index in [9.17, 15) is 9.59 Å². The van der Waals surface area contributed by atoms with Gasteiger partial charge in [0.1, 0.15) is 5.75 Å². The predicted octanol–water partition coefficient (Wildman–Crippen LogP) is 5.73. The zero-order chi connectivity index (χ0) is 22.4. The highest BCUT2D eigenvalue weighted by Gasteiger charge is 2.26. The summed E-state index contributed by atoms with van der Waals surface area (Å²) in [5, 5.41) is 2.88. The summed E-state index contributed by atoms with van der Waals surface area (Å²) in [7, 11) is 0. The number of ether oxygens (including phenoxy) is 2. The molecule has 0 unspecified atom stereocenters. The standard InChI is InChI=1S/C25H32N2O4/c1-5-7-8-9-10-17(4)31-18-11-12-22-19(14-18)20(24(28)27-22)15-23-21(13-16(3)26-23)25(29)30-6-2/h11-15,17,26H,5-10H2,1-4H3,(H,27,28)/b20-15-/t17-/m0/s1. The van der Waals surface area contributed by atoms with Crippen LogP contribution in [0.15, 0.2) is 24.3 Å². The molecule has 0 aliphatic carbocycles. The van der Waals surface area contributed by atoms with Crippen LogP contribution in [0.4, 0.5) is 5.69 Å². The molecule has 1 aliphatic heterocycles. The Labute approximate surface area is 184 Å². The van der Waals surface area contributed by atoms with Gasteiger partial charge in [0.05, 0.1) is 29.5 Å². The minimum Gasteiger partial charge on any atom is -0.491 e. The number of amides is 1. The van der Waals surface area contributed by atoms with Gasteiger partial charge in [-0.25, -0.2) is 4.79 Å². The Balaban J connectivity index is 1.82. The van der Waals surface area contributed by atoms with Gasteiger partial charge in [-0.3, -0.25) is 4.79 Å².